The summed E-state index contributed by atoms with van der Waals surface area (Å²) in [6.07, 6.45) is 1.22. The van der Waals surface area contributed by atoms with Crippen LogP contribution in [0.5, 0.6) is 0 Å². The van der Waals surface area contributed by atoms with Crippen molar-refractivity contribution in [1.29, 1.82) is 0 Å². The van der Waals surface area contributed by atoms with Gasteiger partial charge in [-0.25, -0.2) is 9.18 Å². The fraction of sp³-hybridized carbons (Fsp3) is 0.611. The Morgan fingerprint density at radius 1 is 1.38 bits per heavy atom. The number of ether oxygens (including phenoxy) is 2. The molecule has 134 valence electrons. The molecule has 1 aromatic carbocycles. The molecule has 0 aliphatic carbocycles. The van der Waals surface area contributed by atoms with Crippen molar-refractivity contribution in [2.75, 3.05) is 13.1 Å². The molecule has 1 amide bonds. The number of halogens is 2. The molecule has 0 aromatic heterocycles. The largest absolute Gasteiger partial charge is 0.444 e. The molecule has 1 fully saturated rings. The van der Waals surface area contributed by atoms with Crippen molar-refractivity contribution in [2.45, 2.75) is 58.3 Å². The zero-order valence-electron chi connectivity index (χ0n) is 14.7. The first kappa shape index (κ1) is 19.2. The molecule has 1 atom stereocenters. The number of rotatable bonds is 4. The summed E-state index contributed by atoms with van der Waals surface area (Å²) in [7, 11) is 0. The normalized spacial score (nSPS) is 21.2. The first-order valence-corrected chi connectivity index (χ1v) is 8.99. The summed E-state index contributed by atoms with van der Waals surface area (Å²) in [5.74, 6) is -0.296. The molecule has 24 heavy (non-hydrogen) atoms. The van der Waals surface area contributed by atoms with Crippen LogP contribution < -0.4 is 0 Å². The van der Waals surface area contributed by atoms with E-state index < -0.39 is 11.2 Å². The highest BCUT2D eigenvalue weighted by molar-refractivity contribution is 9.10. The Morgan fingerprint density at radius 2 is 2.08 bits per heavy atom. The molecule has 6 heteroatoms. The van der Waals surface area contributed by atoms with E-state index in [1.54, 1.807) is 4.90 Å². The van der Waals surface area contributed by atoms with E-state index in [0.29, 0.717) is 24.2 Å². The Labute approximate surface area is 151 Å². The predicted octanol–water partition coefficient (Wildman–Crippen LogP) is 4.89. The van der Waals surface area contributed by atoms with E-state index >= 15 is 0 Å². The second-order valence-electron chi connectivity index (χ2n) is 7.25. The van der Waals surface area contributed by atoms with Gasteiger partial charge in [-0.05, 0) is 57.4 Å². The summed E-state index contributed by atoms with van der Waals surface area (Å²) in [6, 6.07) is 4.72. The third-order valence-corrected chi connectivity index (χ3v) is 4.54. The van der Waals surface area contributed by atoms with Crippen LogP contribution in [0, 0.1) is 5.82 Å². The Bertz CT molecular complexity index is 582. The maximum atomic E-state index is 13.5. The van der Waals surface area contributed by atoms with Crippen LogP contribution in [-0.2, 0) is 16.1 Å². The standard InChI is InChI=1S/C18H25BrFNO3/c1-5-18(23-11-13-8-14(19)10-15(20)9-13)6-7-21(12-18)16(22)24-17(2,3)4/h8-10H,5-7,11-12H2,1-4H3. The highest BCUT2D eigenvalue weighted by Gasteiger charge is 2.41. The smallest absolute Gasteiger partial charge is 0.410 e. The second-order valence-corrected chi connectivity index (χ2v) is 8.17. The monoisotopic (exact) mass is 401 g/mol. The van der Waals surface area contributed by atoms with Crippen molar-refractivity contribution in [1.82, 2.24) is 4.90 Å². The second kappa shape index (κ2) is 7.40. The number of nitrogens with zero attached hydrogens (tertiary/aromatic N) is 1. The van der Waals surface area contributed by atoms with Gasteiger partial charge >= 0.3 is 6.09 Å². The van der Waals surface area contributed by atoms with E-state index in [0.717, 1.165) is 18.4 Å². The van der Waals surface area contributed by atoms with Crippen LogP contribution in [0.25, 0.3) is 0 Å². The van der Waals surface area contributed by atoms with Gasteiger partial charge in [-0.2, -0.15) is 0 Å². The summed E-state index contributed by atoms with van der Waals surface area (Å²) in [6.45, 7) is 9.02. The van der Waals surface area contributed by atoms with Crippen molar-refractivity contribution in [3.63, 3.8) is 0 Å². The van der Waals surface area contributed by atoms with Gasteiger partial charge in [0.05, 0.1) is 18.8 Å². The molecule has 0 saturated carbocycles. The number of hydrogen-bond acceptors (Lipinski definition) is 3. The molecule has 1 aliphatic rings. The molecule has 1 heterocycles. The molecule has 0 bridgehead atoms. The lowest BCUT2D eigenvalue weighted by atomic mass is 9.99. The maximum absolute atomic E-state index is 13.5. The van der Waals surface area contributed by atoms with Crippen LogP contribution in [0.2, 0.25) is 0 Å². The van der Waals surface area contributed by atoms with Crippen molar-refractivity contribution in [3.8, 4) is 0 Å². The third-order valence-electron chi connectivity index (χ3n) is 4.08. The lowest BCUT2D eigenvalue weighted by molar-refractivity contribution is -0.0528. The zero-order valence-corrected chi connectivity index (χ0v) is 16.3. The average Bonchev–Trinajstić information content (AvgIpc) is 2.88. The predicted molar refractivity (Wildman–Crippen MR) is 94.3 cm³/mol. The van der Waals surface area contributed by atoms with Gasteiger partial charge in [-0.1, -0.05) is 22.9 Å². The van der Waals surface area contributed by atoms with Gasteiger partial charge in [0.15, 0.2) is 0 Å². The molecule has 4 nitrogen and oxygen atoms in total. The molecule has 1 saturated heterocycles. The molecule has 1 aliphatic heterocycles. The van der Waals surface area contributed by atoms with Gasteiger partial charge in [-0.15, -0.1) is 0 Å². The van der Waals surface area contributed by atoms with E-state index in [1.807, 2.05) is 33.8 Å². The zero-order chi connectivity index (χ0) is 18.0. The highest BCUT2D eigenvalue weighted by atomic mass is 79.9. The minimum Gasteiger partial charge on any atom is -0.444 e. The molecule has 0 spiro atoms. The minimum atomic E-state index is -0.511. The van der Waals surface area contributed by atoms with Crippen LogP contribution in [0.15, 0.2) is 22.7 Å². The molecular formula is C18H25BrFNO3. The fourth-order valence-electron chi connectivity index (χ4n) is 2.77. The number of hydrogen-bond donors (Lipinski definition) is 0. The number of likely N-dealkylation sites (tertiary alicyclic amines) is 1. The molecule has 0 radical (unpaired) electrons. The quantitative estimate of drug-likeness (QED) is 0.720. The Balaban J connectivity index is 1.99. The van der Waals surface area contributed by atoms with Crippen molar-refractivity contribution < 1.29 is 18.7 Å². The maximum Gasteiger partial charge on any atom is 0.410 e. The van der Waals surface area contributed by atoms with Gasteiger partial charge in [0, 0.05) is 11.0 Å². The molecule has 2 rings (SSSR count). The van der Waals surface area contributed by atoms with Crippen LogP contribution in [-0.4, -0.2) is 35.3 Å². The number of carbonyl (C=O) groups is 1. The minimum absolute atomic E-state index is 0.296. The van der Waals surface area contributed by atoms with E-state index in [-0.39, 0.29) is 11.9 Å². The van der Waals surface area contributed by atoms with Crippen molar-refractivity contribution >= 4 is 22.0 Å². The number of carbonyl (C=O) groups excluding carboxylic acids is 1. The third kappa shape index (κ3) is 5.18. The molecule has 1 aromatic rings. The Morgan fingerprint density at radius 3 is 2.67 bits per heavy atom. The molecule has 1 unspecified atom stereocenters. The van der Waals surface area contributed by atoms with Gasteiger partial charge in [-0.3, -0.25) is 0 Å². The van der Waals surface area contributed by atoms with E-state index in [4.69, 9.17) is 9.47 Å². The summed E-state index contributed by atoms with van der Waals surface area (Å²) >= 11 is 3.29. The Kier molecular flexibility index (Phi) is 5.91. The highest BCUT2D eigenvalue weighted by Crippen LogP contribution is 2.31. The SMILES string of the molecule is CCC1(OCc2cc(F)cc(Br)c2)CCN(C(=O)OC(C)(C)C)C1. The van der Waals surface area contributed by atoms with Crippen LogP contribution in [0.1, 0.15) is 46.1 Å². The Hall–Kier alpha value is -1.14. The van der Waals surface area contributed by atoms with E-state index in [2.05, 4.69) is 15.9 Å². The van der Waals surface area contributed by atoms with Crippen molar-refractivity contribution in [3.05, 3.63) is 34.1 Å². The first-order chi connectivity index (χ1) is 11.1. The number of benzene rings is 1. The van der Waals surface area contributed by atoms with E-state index in [9.17, 15) is 9.18 Å². The molecular weight excluding hydrogens is 377 g/mol. The topological polar surface area (TPSA) is 38.8 Å². The lowest BCUT2D eigenvalue weighted by Crippen LogP contribution is -2.40. The van der Waals surface area contributed by atoms with Gasteiger partial charge in [0.2, 0.25) is 0 Å². The van der Waals surface area contributed by atoms with Crippen molar-refractivity contribution in [2.24, 2.45) is 0 Å². The van der Waals surface area contributed by atoms with Crippen LogP contribution in [0.4, 0.5) is 9.18 Å². The summed E-state index contributed by atoms with van der Waals surface area (Å²) < 4.78 is 25.7. The summed E-state index contributed by atoms with van der Waals surface area (Å²) in [5.41, 5.74) is -0.149. The average molecular weight is 402 g/mol. The number of amides is 1. The van der Waals surface area contributed by atoms with E-state index in [1.165, 1.54) is 12.1 Å². The fourth-order valence-corrected chi connectivity index (χ4v) is 3.28. The van der Waals surface area contributed by atoms with Gasteiger partial charge in [0.1, 0.15) is 11.4 Å². The summed E-state index contributed by atoms with van der Waals surface area (Å²) in [4.78, 5) is 13.9. The van der Waals surface area contributed by atoms with Gasteiger partial charge < -0.3 is 14.4 Å². The summed E-state index contributed by atoms with van der Waals surface area (Å²) in [5, 5.41) is 0. The lowest BCUT2D eigenvalue weighted by Gasteiger charge is -2.29. The van der Waals surface area contributed by atoms with Crippen LogP contribution >= 0.6 is 15.9 Å². The first-order valence-electron chi connectivity index (χ1n) is 8.19. The van der Waals surface area contributed by atoms with Gasteiger partial charge in [0.25, 0.3) is 0 Å². The molecule has 0 N–H and O–H groups in total. The van der Waals surface area contributed by atoms with Crippen LogP contribution in [0.3, 0.4) is 0 Å².